The smallest absolute Gasteiger partial charge is 0.0254 e. The van der Waals surface area contributed by atoms with Crippen molar-refractivity contribution < 1.29 is 0 Å². The molecule has 4 rings (SSSR count). The van der Waals surface area contributed by atoms with Gasteiger partial charge in [0.15, 0.2) is 0 Å². The Balaban J connectivity index is 2.22. The Hall–Kier alpha value is -1.60. The van der Waals surface area contributed by atoms with E-state index in [1.54, 1.807) is 0 Å². The number of hydrogen-bond acceptors (Lipinski definition) is 0. The van der Waals surface area contributed by atoms with Gasteiger partial charge in [-0.05, 0) is 45.5 Å². The van der Waals surface area contributed by atoms with Gasteiger partial charge in [0.25, 0.3) is 0 Å². The molecule has 0 radical (unpaired) electrons. The van der Waals surface area contributed by atoms with Gasteiger partial charge in [-0.1, -0.05) is 64.5 Å². The standard InChI is InChI=1S/C17H11Br/c18-16-9-8-14-13-6-2-1-4-11(13)10-12-5-3-7-15(16)17(12)14/h1-9H,10H2. The summed E-state index contributed by atoms with van der Waals surface area (Å²) in [7, 11) is 0. The molecule has 0 N–H and O–H groups in total. The number of benzene rings is 3. The van der Waals surface area contributed by atoms with Crippen molar-refractivity contribution in [3.05, 3.63) is 70.2 Å². The fourth-order valence-corrected chi connectivity index (χ4v) is 3.42. The summed E-state index contributed by atoms with van der Waals surface area (Å²) in [5, 5.41) is 2.73. The number of rotatable bonds is 0. The number of fused-ring (bicyclic) bond motifs is 2. The van der Waals surface area contributed by atoms with E-state index >= 15 is 0 Å². The van der Waals surface area contributed by atoms with Crippen LogP contribution in [0.1, 0.15) is 11.1 Å². The first-order valence-corrected chi connectivity index (χ1v) is 6.92. The Morgan fingerprint density at radius 3 is 2.50 bits per heavy atom. The van der Waals surface area contributed by atoms with Gasteiger partial charge in [-0.15, -0.1) is 0 Å². The predicted molar refractivity (Wildman–Crippen MR) is 79.9 cm³/mol. The van der Waals surface area contributed by atoms with Crippen molar-refractivity contribution in [3.8, 4) is 11.1 Å². The van der Waals surface area contributed by atoms with Gasteiger partial charge in [0.2, 0.25) is 0 Å². The van der Waals surface area contributed by atoms with Crippen LogP contribution in [0.5, 0.6) is 0 Å². The fourth-order valence-electron chi connectivity index (χ4n) is 2.96. The largest absolute Gasteiger partial charge is 0.0619 e. The van der Waals surface area contributed by atoms with Crippen molar-refractivity contribution in [2.24, 2.45) is 0 Å². The van der Waals surface area contributed by atoms with Gasteiger partial charge in [-0.3, -0.25) is 0 Å². The van der Waals surface area contributed by atoms with Crippen molar-refractivity contribution in [1.29, 1.82) is 0 Å². The summed E-state index contributed by atoms with van der Waals surface area (Å²) in [6, 6.07) is 19.7. The van der Waals surface area contributed by atoms with Crippen LogP contribution >= 0.6 is 15.9 Å². The van der Waals surface area contributed by atoms with Gasteiger partial charge in [-0.2, -0.15) is 0 Å². The van der Waals surface area contributed by atoms with Crippen molar-refractivity contribution in [2.75, 3.05) is 0 Å². The molecule has 0 fully saturated rings. The molecule has 0 bridgehead atoms. The lowest BCUT2D eigenvalue weighted by Gasteiger charge is -2.21. The number of hydrogen-bond donors (Lipinski definition) is 0. The summed E-state index contributed by atoms with van der Waals surface area (Å²) in [6.07, 6.45) is 1.04. The maximum Gasteiger partial charge on any atom is 0.0254 e. The Morgan fingerprint density at radius 1 is 0.722 bits per heavy atom. The zero-order valence-corrected chi connectivity index (χ0v) is 11.4. The second kappa shape index (κ2) is 3.69. The molecule has 1 aliphatic rings. The summed E-state index contributed by atoms with van der Waals surface area (Å²) in [6.45, 7) is 0. The van der Waals surface area contributed by atoms with Gasteiger partial charge >= 0.3 is 0 Å². The van der Waals surface area contributed by atoms with Gasteiger partial charge in [0, 0.05) is 4.47 Å². The lowest BCUT2D eigenvalue weighted by atomic mass is 9.84. The Bertz CT molecular complexity index is 772. The topological polar surface area (TPSA) is 0 Å². The first-order chi connectivity index (χ1) is 8.84. The minimum atomic E-state index is 1.04. The van der Waals surface area contributed by atoms with E-state index in [0.29, 0.717) is 0 Å². The molecule has 0 heterocycles. The van der Waals surface area contributed by atoms with Gasteiger partial charge < -0.3 is 0 Å². The van der Waals surface area contributed by atoms with E-state index in [9.17, 15) is 0 Å². The van der Waals surface area contributed by atoms with Crippen LogP contribution in [0.4, 0.5) is 0 Å². The average molecular weight is 295 g/mol. The zero-order valence-electron chi connectivity index (χ0n) is 9.78. The Morgan fingerprint density at radius 2 is 1.56 bits per heavy atom. The molecule has 1 aliphatic carbocycles. The molecule has 0 amide bonds. The van der Waals surface area contributed by atoms with Gasteiger partial charge in [0.1, 0.15) is 0 Å². The van der Waals surface area contributed by atoms with E-state index in [0.717, 1.165) is 6.42 Å². The molecule has 0 nitrogen and oxygen atoms in total. The van der Waals surface area contributed by atoms with Crippen molar-refractivity contribution in [2.45, 2.75) is 6.42 Å². The molecular weight excluding hydrogens is 284 g/mol. The summed E-state index contributed by atoms with van der Waals surface area (Å²) in [5.74, 6) is 0. The van der Waals surface area contributed by atoms with Crippen LogP contribution in [0, 0.1) is 0 Å². The summed E-state index contributed by atoms with van der Waals surface area (Å²) in [5.41, 5.74) is 5.61. The summed E-state index contributed by atoms with van der Waals surface area (Å²) < 4.78 is 1.18. The lowest BCUT2D eigenvalue weighted by Crippen LogP contribution is -2.00. The molecule has 18 heavy (non-hydrogen) atoms. The molecule has 0 unspecified atom stereocenters. The van der Waals surface area contributed by atoms with Gasteiger partial charge in [0.05, 0.1) is 0 Å². The maximum absolute atomic E-state index is 3.66. The number of halogens is 1. The van der Waals surface area contributed by atoms with Crippen LogP contribution in [-0.2, 0) is 6.42 Å². The SMILES string of the molecule is Brc1ccc2c3c(cccc13)Cc1ccccc1-2. The van der Waals surface area contributed by atoms with Crippen molar-refractivity contribution in [3.63, 3.8) is 0 Å². The fraction of sp³-hybridized carbons (Fsp3) is 0.0588. The van der Waals surface area contributed by atoms with E-state index in [1.165, 1.54) is 37.5 Å². The Labute approximate surface area is 114 Å². The molecule has 3 aromatic rings. The van der Waals surface area contributed by atoms with E-state index in [1.807, 2.05) is 0 Å². The molecule has 0 spiro atoms. The molecule has 0 aromatic heterocycles. The van der Waals surface area contributed by atoms with E-state index in [-0.39, 0.29) is 0 Å². The average Bonchev–Trinajstić information content (AvgIpc) is 2.42. The predicted octanol–water partition coefficient (Wildman–Crippen LogP) is 5.17. The molecule has 0 atom stereocenters. The third-order valence-corrected chi connectivity index (χ3v) is 4.45. The summed E-state index contributed by atoms with van der Waals surface area (Å²) >= 11 is 3.66. The molecule has 0 saturated carbocycles. The van der Waals surface area contributed by atoms with Crippen LogP contribution in [0.2, 0.25) is 0 Å². The van der Waals surface area contributed by atoms with E-state index < -0.39 is 0 Å². The maximum atomic E-state index is 3.66. The highest BCUT2D eigenvalue weighted by atomic mass is 79.9. The minimum Gasteiger partial charge on any atom is -0.0619 e. The highest BCUT2D eigenvalue weighted by molar-refractivity contribution is 9.10. The molecule has 1 heteroatoms. The monoisotopic (exact) mass is 294 g/mol. The molecule has 86 valence electrons. The Kier molecular flexibility index (Phi) is 2.12. The molecule has 3 aromatic carbocycles. The van der Waals surface area contributed by atoms with Crippen molar-refractivity contribution >= 4 is 26.7 Å². The van der Waals surface area contributed by atoms with Crippen LogP contribution in [-0.4, -0.2) is 0 Å². The molecular formula is C17H11Br. The van der Waals surface area contributed by atoms with Crippen LogP contribution < -0.4 is 0 Å². The lowest BCUT2D eigenvalue weighted by molar-refractivity contribution is 1.20. The molecule has 0 saturated heterocycles. The van der Waals surface area contributed by atoms with Crippen LogP contribution in [0.3, 0.4) is 0 Å². The highest BCUT2D eigenvalue weighted by Gasteiger charge is 2.18. The summed E-state index contributed by atoms with van der Waals surface area (Å²) in [4.78, 5) is 0. The third-order valence-electron chi connectivity index (χ3n) is 3.76. The van der Waals surface area contributed by atoms with Crippen molar-refractivity contribution in [1.82, 2.24) is 0 Å². The first kappa shape index (κ1) is 10.3. The normalized spacial score (nSPS) is 12.5. The van der Waals surface area contributed by atoms with Crippen LogP contribution in [0.15, 0.2) is 59.1 Å². The second-order valence-corrected chi connectivity index (χ2v) is 5.62. The third kappa shape index (κ3) is 1.31. The van der Waals surface area contributed by atoms with Crippen LogP contribution in [0.25, 0.3) is 21.9 Å². The van der Waals surface area contributed by atoms with Gasteiger partial charge in [-0.25, -0.2) is 0 Å². The highest BCUT2D eigenvalue weighted by Crippen LogP contribution is 2.41. The van der Waals surface area contributed by atoms with E-state index in [4.69, 9.17) is 0 Å². The zero-order chi connectivity index (χ0) is 12.1. The molecule has 0 aliphatic heterocycles. The quantitative estimate of drug-likeness (QED) is 0.419. The van der Waals surface area contributed by atoms with E-state index in [2.05, 4.69) is 70.5 Å². The first-order valence-electron chi connectivity index (χ1n) is 6.13. The second-order valence-electron chi connectivity index (χ2n) is 4.77. The minimum absolute atomic E-state index is 1.04.